The van der Waals surface area contributed by atoms with Crippen LogP contribution in [0.5, 0.6) is 0 Å². The van der Waals surface area contributed by atoms with Crippen LogP contribution in [0.3, 0.4) is 0 Å². The van der Waals surface area contributed by atoms with E-state index in [-0.39, 0.29) is 12.3 Å². The number of sulfonamides is 1. The molecule has 0 heterocycles. The number of nitrogens with one attached hydrogen (secondary N) is 1. The van der Waals surface area contributed by atoms with Gasteiger partial charge in [0, 0.05) is 12.1 Å². The van der Waals surface area contributed by atoms with E-state index in [0.717, 1.165) is 12.8 Å². The lowest BCUT2D eigenvalue weighted by Gasteiger charge is -2.26. The first kappa shape index (κ1) is 15.1. The Hall–Kier alpha value is -0.910. The molecule has 0 aliphatic carbocycles. The van der Waals surface area contributed by atoms with Crippen molar-refractivity contribution < 1.29 is 8.42 Å². The van der Waals surface area contributed by atoms with Crippen molar-refractivity contribution >= 4 is 10.0 Å². The molecule has 1 aromatic carbocycles. The van der Waals surface area contributed by atoms with Crippen LogP contribution in [0.25, 0.3) is 0 Å². The maximum Gasteiger partial charge on any atom is 0.213 e. The van der Waals surface area contributed by atoms with Crippen molar-refractivity contribution in [1.82, 2.24) is 4.72 Å². The second-order valence-electron chi connectivity index (χ2n) is 5.08. The van der Waals surface area contributed by atoms with Crippen LogP contribution in [0, 0.1) is 0 Å². The van der Waals surface area contributed by atoms with Crippen LogP contribution in [0.1, 0.15) is 25.8 Å². The van der Waals surface area contributed by atoms with Gasteiger partial charge in [-0.3, -0.25) is 0 Å². The summed E-state index contributed by atoms with van der Waals surface area (Å²) >= 11 is 0. The van der Waals surface area contributed by atoms with Crippen molar-refractivity contribution in [3.63, 3.8) is 0 Å². The van der Waals surface area contributed by atoms with Gasteiger partial charge in [-0.2, -0.15) is 0 Å². The molecule has 0 bridgehead atoms. The molecule has 1 rings (SSSR count). The van der Waals surface area contributed by atoms with E-state index in [0.29, 0.717) is 0 Å². The molecule has 18 heavy (non-hydrogen) atoms. The second-order valence-corrected chi connectivity index (χ2v) is 6.92. The monoisotopic (exact) mass is 270 g/mol. The van der Waals surface area contributed by atoms with Crippen LogP contribution < -0.4 is 10.5 Å². The highest BCUT2D eigenvalue weighted by Crippen LogP contribution is 2.14. The van der Waals surface area contributed by atoms with Crippen LogP contribution in [-0.4, -0.2) is 26.3 Å². The second kappa shape index (κ2) is 6.31. The van der Waals surface area contributed by atoms with Gasteiger partial charge in [-0.05, 0) is 32.3 Å². The number of hydrogen-bond acceptors (Lipinski definition) is 3. The van der Waals surface area contributed by atoms with Gasteiger partial charge >= 0.3 is 0 Å². The molecule has 5 heteroatoms. The van der Waals surface area contributed by atoms with E-state index in [1.54, 1.807) is 0 Å². The molecule has 0 spiro atoms. The van der Waals surface area contributed by atoms with Crippen molar-refractivity contribution in [2.45, 2.75) is 32.2 Å². The fourth-order valence-electron chi connectivity index (χ4n) is 1.78. The lowest BCUT2D eigenvalue weighted by atomic mass is 9.97. The Morgan fingerprint density at radius 2 is 1.83 bits per heavy atom. The lowest BCUT2D eigenvalue weighted by molar-refractivity contribution is 0.422. The Kier molecular flexibility index (Phi) is 5.31. The number of nitrogens with two attached hydrogens (primary N) is 1. The van der Waals surface area contributed by atoms with E-state index >= 15 is 0 Å². The maximum atomic E-state index is 11.7. The fourth-order valence-corrected chi connectivity index (χ4v) is 3.14. The first-order chi connectivity index (χ1) is 8.35. The quantitative estimate of drug-likeness (QED) is 0.784. The van der Waals surface area contributed by atoms with Crippen LogP contribution >= 0.6 is 0 Å². The summed E-state index contributed by atoms with van der Waals surface area (Å²) in [5.41, 5.74) is 6.04. The lowest BCUT2D eigenvalue weighted by Crippen LogP contribution is -2.45. The Morgan fingerprint density at radius 3 is 2.39 bits per heavy atom. The first-order valence-electron chi connectivity index (χ1n) is 6.10. The van der Waals surface area contributed by atoms with Crippen molar-refractivity contribution in [2.24, 2.45) is 5.73 Å². The van der Waals surface area contributed by atoms with E-state index in [1.807, 2.05) is 44.2 Å². The zero-order valence-electron chi connectivity index (χ0n) is 11.0. The number of benzene rings is 1. The molecule has 0 aliphatic heterocycles. The number of hydrogen-bond donors (Lipinski definition) is 2. The van der Waals surface area contributed by atoms with Gasteiger partial charge < -0.3 is 5.73 Å². The third-order valence-corrected chi connectivity index (χ3v) is 4.34. The highest BCUT2D eigenvalue weighted by Gasteiger charge is 2.23. The van der Waals surface area contributed by atoms with Gasteiger partial charge in [0.05, 0.1) is 5.75 Å². The normalized spacial score (nSPS) is 12.6. The van der Waals surface area contributed by atoms with Crippen LogP contribution in [0.2, 0.25) is 0 Å². The van der Waals surface area contributed by atoms with E-state index < -0.39 is 15.6 Å². The van der Waals surface area contributed by atoms with E-state index in [9.17, 15) is 8.42 Å². The maximum absolute atomic E-state index is 11.7. The minimum absolute atomic E-state index is 0.0260. The summed E-state index contributed by atoms with van der Waals surface area (Å²) in [6.45, 7) is 3.93. The molecule has 0 atom stereocenters. The van der Waals surface area contributed by atoms with Crippen molar-refractivity contribution in [2.75, 3.05) is 12.3 Å². The Bertz CT molecular complexity index is 455. The van der Waals surface area contributed by atoms with Gasteiger partial charge in [0.2, 0.25) is 10.0 Å². The van der Waals surface area contributed by atoms with E-state index in [2.05, 4.69) is 4.72 Å². The average Bonchev–Trinajstić information content (AvgIpc) is 2.26. The molecular formula is C13H22N2O2S. The molecule has 0 saturated heterocycles. The van der Waals surface area contributed by atoms with E-state index in [4.69, 9.17) is 5.73 Å². The summed E-state index contributed by atoms with van der Waals surface area (Å²) < 4.78 is 26.0. The molecular weight excluding hydrogens is 248 g/mol. The number of aryl methyl sites for hydroxylation is 1. The summed E-state index contributed by atoms with van der Waals surface area (Å²) in [6, 6.07) is 10.0. The van der Waals surface area contributed by atoms with Crippen LogP contribution in [-0.2, 0) is 16.4 Å². The average molecular weight is 270 g/mol. The molecule has 0 amide bonds. The highest BCUT2D eigenvalue weighted by molar-refractivity contribution is 7.89. The zero-order valence-corrected chi connectivity index (χ0v) is 11.8. The molecule has 0 saturated carbocycles. The third-order valence-electron chi connectivity index (χ3n) is 2.70. The standard InChI is InChI=1S/C13H22N2O2S/c1-13(2,15-18(16,17)11-10-14)9-8-12-6-4-3-5-7-12/h3-7,15H,8-11,14H2,1-2H3. The molecule has 0 aromatic heterocycles. The smallest absolute Gasteiger partial charge is 0.213 e. The summed E-state index contributed by atoms with van der Waals surface area (Å²) in [7, 11) is -3.27. The van der Waals surface area contributed by atoms with Crippen molar-refractivity contribution in [1.29, 1.82) is 0 Å². The number of rotatable bonds is 7. The van der Waals surface area contributed by atoms with Gasteiger partial charge in [0.1, 0.15) is 0 Å². The molecule has 0 radical (unpaired) electrons. The van der Waals surface area contributed by atoms with Gasteiger partial charge in [0.25, 0.3) is 0 Å². The molecule has 1 aromatic rings. The van der Waals surface area contributed by atoms with Gasteiger partial charge in [-0.1, -0.05) is 30.3 Å². The largest absolute Gasteiger partial charge is 0.329 e. The van der Waals surface area contributed by atoms with Gasteiger partial charge in [0.15, 0.2) is 0 Å². The zero-order chi connectivity index (χ0) is 13.6. The molecule has 0 aliphatic rings. The molecule has 0 unspecified atom stereocenters. The summed E-state index contributed by atoms with van der Waals surface area (Å²) in [5.74, 6) is -0.0260. The van der Waals surface area contributed by atoms with Crippen molar-refractivity contribution in [3.05, 3.63) is 35.9 Å². The SMILES string of the molecule is CC(C)(CCc1ccccc1)NS(=O)(=O)CCN. The summed E-state index contributed by atoms with van der Waals surface area (Å²) in [5, 5.41) is 0. The Labute approximate surface area is 110 Å². The predicted molar refractivity (Wildman–Crippen MR) is 74.8 cm³/mol. The minimum Gasteiger partial charge on any atom is -0.329 e. The molecule has 3 N–H and O–H groups in total. The Morgan fingerprint density at radius 1 is 1.22 bits per heavy atom. The topological polar surface area (TPSA) is 72.2 Å². The molecule has 102 valence electrons. The van der Waals surface area contributed by atoms with Crippen LogP contribution in [0.15, 0.2) is 30.3 Å². The van der Waals surface area contributed by atoms with Gasteiger partial charge in [-0.25, -0.2) is 13.1 Å². The summed E-state index contributed by atoms with van der Waals surface area (Å²) in [6.07, 6.45) is 1.60. The summed E-state index contributed by atoms with van der Waals surface area (Å²) in [4.78, 5) is 0. The van der Waals surface area contributed by atoms with Gasteiger partial charge in [-0.15, -0.1) is 0 Å². The predicted octanol–water partition coefficient (Wildman–Crippen LogP) is 1.28. The first-order valence-corrected chi connectivity index (χ1v) is 7.75. The fraction of sp³-hybridized carbons (Fsp3) is 0.538. The van der Waals surface area contributed by atoms with E-state index in [1.165, 1.54) is 5.56 Å². The molecule has 0 fully saturated rings. The molecule has 4 nitrogen and oxygen atoms in total. The van der Waals surface area contributed by atoms with Crippen LogP contribution in [0.4, 0.5) is 0 Å². The third kappa shape index (κ3) is 5.62. The minimum atomic E-state index is -3.27. The highest BCUT2D eigenvalue weighted by atomic mass is 32.2. The Balaban J connectivity index is 2.55. The van der Waals surface area contributed by atoms with Crippen molar-refractivity contribution in [3.8, 4) is 0 Å².